The molecular formula is C21H23FN2O5S. The van der Waals surface area contributed by atoms with E-state index in [9.17, 15) is 17.6 Å². The van der Waals surface area contributed by atoms with Crippen LogP contribution < -0.4 is 14.8 Å². The summed E-state index contributed by atoms with van der Waals surface area (Å²) in [5.74, 6) is 0.192. The molecule has 2 aromatic carbocycles. The molecule has 1 unspecified atom stereocenters. The standard InChI is InChI=1S/C21H23FN2O5S/c22-17-5-2-1-4-15(17)9-10-23-21(25)18-6-3-11-24(18)30(26,27)16-7-8-19-20(14-16)29-13-12-28-19/h1-2,4-5,7-8,14,18H,3,6,9-13H2,(H,23,25). The van der Waals surface area contributed by atoms with Gasteiger partial charge in [0.25, 0.3) is 0 Å². The average molecular weight is 434 g/mol. The molecular weight excluding hydrogens is 411 g/mol. The highest BCUT2D eigenvalue weighted by atomic mass is 32.2. The van der Waals surface area contributed by atoms with E-state index in [0.29, 0.717) is 49.5 Å². The Balaban J connectivity index is 1.44. The topological polar surface area (TPSA) is 84.9 Å². The lowest BCUT2D eigenvalue weighted by Crippen LogP contribution is -2.46. The van der Waals surface area contributed by atoms with Crippen LogP contribution in [0.3, 0.4) is 0 Å². The Morgan fingerprint density at radius 3 is 2.70 bits per heavy atom. The van der Waals surface area contributed by atoms with E-state index in [0.717, 1.165) is 0 Å². The van der Waals surface area contributed by atoms with E-state index in [1.807, 2.05) is 0 Å². The molecule has 4 rings (SSSR count). The fraction of sp³-hybridized carbons (Fsp3) is 0.381. The van der Waals surface area contributed by atoms with Crippen LogP contribution >= 0.6 is 0 Å². The van der Waals surface area contributed by atoms with Gasteiger partial charge >= 0.3 is 0 Å². The number of nitrogens with one attached hydrogen (secondary N) is 1. The van der Waals surface area contributed by atoms with Crippen LogP contribution in [0.1, 0.15) is 18.4 Å². The molecule has 0 saturated carbocycles. The molecule has 2 heterocycles. The summed E-state index contributed by atoms with van der Waals surface area (Å²) in [6.45, 7) is 1.27. The van der Waals surface area contributed by atoms with E-state index < -0.39 is 16.1 Å². The Kier molecular flexibility index (Phi) is 5.92. The quantitative estimate of drug-likeness (QED) is 0.753. The van der Waals surface area contributed by atoms with Crippen molar-refractivity contribution in [2.75, 3.05) is 26.3 Å². The number of hydrogen-bond donors (Lipinski definition) is 1. The highest BCUT2D eigenvalue weighted by molar-refractivity contribution is 7.89. The Hall–Kier alpha value is -2.65. The maximum atomic E-state index is 13.7. The fourth-order valence-electron chi connectivity index (χ4n) is 3.75. The van der Waals surface area contributed by atoms with Gasteiger partial charge in [-0.1, -0.05) is 18.2 Å². The summed E-state index contributed by atoms with van der Waals surface area (Å²) in [5, 5.41) is 2.75. The molecule has 1 N–H and O–H groups in total. The third-order valence-electron chi connectivity index (χ3n) is 5.28. The second-order valence-electron chi connectivity index (χ2n) is 7.21. The average Bonchev–Trinajstić information content (AvgIpc) is 3.26. The summed E-state index contributed by atoms with van der Waals surface area (Å²) in [4.78, 5) is 12.8. The van der Waals surface area contributed by atoms with E-state index in [1.165, 1.54) is 22.5 Å². The van der Waals surface area contributed by atoms with Gasteiger partial charge in [-0.3, -0.25) is 4.79 Å². The van der Waals surface area contributed by atoms with E-state index in [-0.39, 0.29) is 29.7 Å². The Morgan fingerprint density at radius 1 is 1.13 bits per heavy atom. The largest absolute Gasteiger partial charge is 0.486 e. The molecule has 1 amide bonds. The maximum absolute atomic E-state index is 13.7. The number of benzene rings is 2. The number of halogens is 1. The number of carbonyl (C=O) groups excluding carboxylic acids is 1. The van der Waals surface area contributed by atoms with Gasteiger partial charge in [-0.2, -0.15) is 4.31 Å². The Labute approximate surface area is 174 Å². The molecule has 2 aliphatic rings. The Morgan fingerprint density at radius 2 is 1.90 bits per heavy atom. The highest BCUT2D eigenvalue weighted by Gasteiger charge is 2.39. The highest BCUT2D eigenvalue weighted by Crippen LogP contribution is 2.34. The fourth-order valence-corrected chi connectivity index (χ4v) is 5.42. The van der Waals surface area contributed by atoms with Gasteiger partial charge in [-0.25, -0.2) is 12.8 Å². The van der Waals surface area contributed by atoms with Crippen molar-refractivity contribution in [3.63, 3.8) is 0 Å². The lowest BCUT2D eigenvalue weighted by molar-refractivity contribution is -0.124. The van der Waals surface area contributed by atoms with Crippen LogP contribution in [-0.2, 0) is 21.2 Å². The van der Waals surface area contributed by atoms with Crippen molar-refractivity contribution in [1.29, 1.82) is 0 Å². The summed E-state index contributed by atoms with van der Waals surface area (Å²) in [6, 6.07) is 10.1. The van der Waals surface area contributed by atoms with Gasteiger partial charge < -0.3 is 14.8 Å². The normalized spacial score (nSPS) is 18.9. The number of fused-ring (bicyclic) bond motifs is 1. The monoisotopic (exact) mass is 434 g/mol. The number of amides is 1. The summed E-state index contributed by atoms with van der Waals surface area (Å²) in [7, 11) is -3.87. The minimum absolute atomic E-state index is 0.0674. The van der Waals surface area contributed by atoms with Crippen LogP contribution in [0.2, 0.25) is 0 Å². The van der Waals surface area contributed by atoms with Gasteiger partial charge in [0.15, 0.2) is 11.5 Å². The molecule has 2 aromatic rings. The Bertz CT molecular complexity index is 1040. The van der Waals surface area contributed by atoms with Gasteiger partial charge in [0, 0.05) is 19.2 Å². The van der Waals surface area contributed by atoms with Crippen LogP contribution in [0.15, 0.2) is 47.4 Å². The van der Waals surface area contributed by atoms with Gasteiger partial charge in [-0.05, 0) is 43.0 Å². The van der Waals surface area contributed by atoms with Gasteiger partial charge in [-0.15, -0.1) is 0 Å². The number of nitrogens with zero attached hydrogens (tertiary/aromatic N) is 1. The predicted octanol–water partition coefficient (Wildman–Crippen LogP) is 2.11. The molecule has 160 valence electrons. The molecule has 0 radical (unpaired) electrons. The summed E-state index contributed by atoms with van der Waals surface area (Å²) < 4.78 is 52.2. The van der Waals surface area contributed by atoms with Gasteiger partial charge in [0.1, 0.15) is 25.1 Å². The molecule has 1 fully saturated rings. The maximum Gasteiger partial charge on any atom is 0.243 e. The molecule has 0 aromatic heterocycles. The predicted molar refractivity (Wildman–Crippen MR) is 107 cm³/mol. The lowest BCUT2D eigenvalue weighted by atomic mass is 10.1. The molecule has 1 saturated heterocycles. The smallest absolute Gasteiger partial charge is 0.243 e. The van der Waals surface area contributed by atoms with E-state index >= 15 is 0 Å². The third-order valence-corrected chi connectivity index (χ3v) is 7.18. The van der Waals surface area contributed by atoms with Crippen molar-refractivity contribution in [1.82, 2.24) is 9.62 Å². The first-order valence-electron chi connectivity index (χ1n) is 9.89. The summed E-state index contributed by atoms with van der Waals surface area (Å²) in [5.41, 5.74) is 0.505. The number of rotatable bonds is 6. The molecule has 0 spiro atoms. The van der Waals surface area contributed by atoms with E-state index in [1.54, 1.807) is 24.3 Å². The van der Waals surface area contributed by atoms with Crippen molar-refractivity contribution in [3.8, 4) is 11.5 Å². The van der Waals surface area contributed by atoms with Crippen molar-refractivity contribution in [3.05, 3.63) is 53.8 Å². The molecule has 0 aliphatic carbocycles. The number of carbonyl (C=O) groups is 1. The number of sulfonamides is 1. The van der Waals surface area contributed by atoms with E-state index in [2.05, 4.69) is 5.32 Å². The first-order chi connectivity index (χ1) is 14.5. The molecule has 7 nitrogen and oxygen atoms in total. The second kappa shape index (κ2) is 8.61. The summed E-state index contributed by atoms with van der Waals surface area (Å²) in [6.07, 6.45) is 1.37. The molecule has 30 heavy (non-hydrogen) atoms. The van der Waals surface area contributed by atoms with Crippen LogP contribution in [0.25, 0.3) is 0 Å². The van der Waals surface area contributed by atoms with Crippen molar-refractivity contribution >= 4 is 15.9 Å². The third kappa shape index (κ3) is 4.13. The van der Waals surface area contributed by atoms with Crippen molar-refractivity contribution < 1.29 is 27.1 Å². The first-order valence-corrected chi connectivity index (χ1v) is 11.3. The van der Waals surface area contributed by atoms with Gasteiger partial charge in [0.05, 0.1) is 4.90 Å². The minimum Gasteiger partial charge on any atom is -0.486 e. The molecule has 9 heteroatoms. The number of hydrogen-bond acceptors (Lipinski definition) is 5. The zero-order valence-electron chi connectivity index (χ0n) is 16.3. The van der Waals surface area contributed by atoms with Crippen molar-refractivity contribution in [2.45, 2.75) is 30.2 Å². The summed E-state index contributed by atoms with van der Waals surface area (Å²) >= 11 is 0. The van der Waals surface area contributed by atoms with Crippen LogP contribution in [0, 0.1) is 5.82 Å². The van der Waals surface area contributed by atoms with Crippen LogP contribution in [0.5, 0.6) is 11.5 Å². The van der Waals surface area contributed by atoms with Gasteiger partial charge in [0.2, 0.25) is 15.9 Å². The van der Waals surface area contributed by atoms with Crippen LogP contribution in [0.4, 0.5) is 4.39 Å². The second-order valence-corrected chi connectivity index (χ2v) is 9.10. The first kappa shape index (κ1) is 20.6. The molecule has 1 atom stereocenters. The number of ether oxygens (including phenoxy) is 2. The zero-order valence-corrected chi connectivity index (χ0v) is 17.2. The zero-order chi connectivity index (χ0) is 21.1. The van der Waals surface area contributed by atoms with E-state index in [4.69, 9.17) is 9.47 Å². The van der Waals surface area contributed by atoms with Crippen LogP contribution in [-0.4, -0.2) is 51.0 Å². The van der Waals surface area contributed by atoms with Crippen molar-refractivity contribution in [2.24, 2.45) is 0 Å². The molecule has 2 aliphatic heterocycles. The lowest BCUT2D eigenvalue weighted by Gasteiger charge is -2.24. The molecule has 0 bridgehead atoms. The SMILES string of the molecule is O=C(NCCc1ccccc1F)C1CCCN1S(=O)(=O)c1ccc2c(c1)OCCO2. The minimum atomic E-state index is -3.87.